The molecular weight excluding hydrogens is 274 g/mol. The molecule has 0 saturated heterocycles. The number of hydrogen-bond acceptors (Lipinski definition) is 3. The van der Waals surface area contributed by atoms with Crippen LogP contribution in [0.1, 0.15) is 32.8 Å². The SMILES string of the molecule is CCC(C)C(C)NCC(O)COCc1ccccc1Cl. The highest BCUT2D eigenvalue weighted by Crippen LogP contribution is 2.15. The molecule has 0 fully saturated rings. The highest BCUT2D eigenvalue weighted by Gasteiger charge is 2.12. The normalized spacial score (nSPS) is 15.8. The molecule has 0 amide bonds. The Labute approximate surface area is 127 Å². The summed E-state index contributed by atoms with van der Waals surface area (Å²) < 4.78 is 5.51. The van der Waals surface area contributed by atoms with Gasteiger partial charge < -0.3 is 15.2 Å². The molecule has 1 aromatic carbocycles. The van der Waals surface area contributed by atoms with Gasteiger partial charge in [-0.3, -0.25) is 0 Å². The van der Waals surface area contributed by atoms with Crippen LogP contribution in [0.15, 0.2) is 24.3 Å². The number of nitrogens with one attached hydrogen (secondary N) is 1. The molecule has 0 aliphatic carbocycles. The van der Waals surface area contributed by atoms with Crippen LogP contribution >= 0.6 is 11.6 Å². The Morgan fingerprint density at radius 1 is 1.30 bits per heavy atom. The van der Waals surface area contributed by atoms with Gasteiger partial charge in [-0.05, 0) is 24.5 Å². The minimum atomic E-state index is -0.496. The largest absolute Gasteiger partial charge is 0.389 e. The second-order valence-electron chi connectivity index (χ2n) is 5.34. The average Bonchev–Trinajstić information content (AvgIpc) is 2.45. The van der Waals surface area contributed by atoms with Crippen molar-refractivity contribution >= 4 is 11.6 Å². The summed E-state index contributed by atoms with van der Waals surface area (Å²) in [6, 6.07) is 7.99. The van der Waals surface area contributed by atoms with Crippen LogP contribution in [0.5, 0.6) is 0 Å². The molecule has 0 heterocycles. The number of halogens is 1. The molecule has 0 aliphatic rings. The molecule has 0 aliphatic heterocycles. The number of hydrogen-bond donors (Lipinski definition) is 2. The standard InChI is InChI=1S/C16H26ClNO2/c1-4-12(2)13(3)18-9-15(19)11-20-10-14-7-5-6-8-16(14)17/h5-8,12-13,15,18-19H,4,9-11H2,1-3H3. The lowest BCUT2D eigenvalue weighted by atomic mass is 10.0. The van der Waals surface area contributed by atoms with Gasteiger partial charge in [-0.1, -0.05) is 50.1 Å². The molecular formula is C16H26ClNO2. The Hall–Kier alpha value is -0.610. The second kappa shape index (κ2) is 9.35. The van der Waals surface area contributed by atoms with Gasteiger partial charge >= 0.3 is 0 Å². The Balaban J connectivity index is 2.20. The van der Waals surface area contributed by atoms with Crippen molar-refractivity contribution in [3.63, 3.8) is 0 Å². The smallest absolute Gasteiger partial charge is 0.0897 e. The Kier molecular flexibility index (Phi) is 8.15. The maximum absolute atomic E-state index is 9.88. The van der Waals surface area contributed by atoms with Crippen LogP contribution in [0.3, 0.4) is 0 Å². The van der Waals surface area contributed by atoms with Crippen molar-refractivity contribution in [2.24, 2.45) is 5.92 Å². The van der Waals surface area contributed by atoms with Crippen LogP contribution in [0.4, 0.5) is 0 Å². The zero-order chi connectivity index (χ0) is 15.0. The van der Waals surface area contributed by atoms with E-state index in [2.05, 4.69) is 26.1 Å². The van der Waals surface area contributed by atoms with Crippen LogP contribution in [-0.2, 0) is 11.3 Å². The lowest BCUT2D eigenvalue weighted by molar-refractivity contribution is 0.0271. The van der Waals surface area contributed by atoms with Gasteiger partial charge in [0.1, 0.15) is 0 Å². The van der Waals surface area contributed by atoms with Gasteiger partial charge in [-0.2, -0.15) is 0 Å². The van der Waals surface area contributed by atoms with E-state index >= 15 is 0 Å². The van der Waals surface area contributed by atoms with Crippen LogP contribution in [-0.4, -0.2) is 30.4 Å². The summed E-state index contributed by atoms with van der Waals surface area (Å²) in [5.41, 5.74) is 0.947. The van der Waals surface area contributed by atoms with E-state index in [1.165, 1.54) is 0 Å². The molecule has 20 heavy (non-hydrogen) atoms. The topological polar surface area (TPSA) is 41.5 Å². The third-order valence-corrected chi connectivity index (χ3v) is 4.07. The molecule has 1 aromatic rings. The first-order chi connectivity index (χ1) is 9.54. The van der Waals surface area contributed by atoms with Crippen LogP contribution in [0, 0.1) is 5.92 Å². The molecule has 3 atom stereocenters. The van der Waals surface area contributed by atoms with E-state index in [4.69, 9.17) is 16.3 Å². The summed E-state index contributed by atoms with van der Waals surface area (Å²) in [7, 11) is 0. The number of aliphatic hydroxyl groups is 1. The van der Waals surface area contributed by atoms with Crippen molar-refractivity contribution in [3.05, 3.63) is 34.9 Å². The molecule has 3 unspecified atom stereocenters. The number of benzene rings is 1. The average molecular weight is 300 g/mol. The summed E-state index contributed by atoms with van der Waals surface area (Å²) in [5.74, 6) is 0.603. The van der Waals surface area contributed by atoms with E-state index < -0.39 is 6.10 Å². The Morgan fingerprint density at radius 3 is 2.65 bits per heavy atom. The first-order valence-electron chi connectivity index (χ1n) is 7.27. The van der Waals surface area contributed by atoms with E-state index in [0.29, 0.717) is 36.7 Å². The highest BCUT2D eigenvalue weighted by molar-refractivity contribution is 6.31. The minimum absolute atomic E-state index is 0.311. The van der Waals surface area contributed by atoms with E-state index in [1.807, 2.05) is 24.3 Å². The molecule has 0 saturated carbocycles. The summed E-state index contributed by atoms with van der Waals surface area (Å²) in [5, 5.41) is 13.9. The molecule has 0 spiro atoms. The predicted molar refractivity (Wildman–Crippen MR) is 84.0 cm³/mol. The van der Waals surface area contributed by atoms with Gasteiger partial charge in [0.2, 0.25) is 0 Å². The zero-order valence-corrected chi connectivity index (χ0v) is 13.4. The molecule has 1 rings (SSSR count). The van der Waals surface area contributed by atoms with Crippen LogP contribution in [0.25, 0.3) is 0 Å². The monoisotopic (exact) mass is 299 g/mol. The molecule has 0 aromatic heterocycles. The maximum atomic E-state index is 9.88. The summed E-state index contributed by atoms with van der Waals surface area (Å²) in [6.45, 7) is 7.81. The van der Waals surface area contributed by atoms with Crippen molar-refractivity contribution in [1.82, 2.24) is 5.32 Å². The number of aliphatic hydroxyl groups excluding tert-OH is 1. The lowest BCUT2D eigenvalue weighted by Crippen LogP contribution is -2.39. The van der Waals surface area contributed by atoms with Gasteiger partial charge in [0.05, 0.1) is 19.3 Å². The molecule has 114 valence electrons. The Morgan fingerprint density at radius 2 is 2.00 bits per heavy atom. The third kappa shape index (κ3) is 6.23. The van der Waals surface area contributed by atoms with Gasteiger partial charge in [0, 0.05) is 17.6 Å². The number of rotatable bonds is 9. The molecule has 0 radical (unpaired) electrons. The molecule has 3 nitrogen and oxygen atoms in total. The summed E-state index contributed by atoms with van der Waals surface area (Å²) in [6.07, 6.45) is 0.636. The van der Waals surface area contributed by atoms with Crippen LogP contribution < -0.4 is 5.32 Å². The molecule has 0 bridgehead atoms. The third-order valence-electron chi connectivity index (χ3n) is 3.70. The fourth-order valence-corrected chi connectivity index (χ4v) is 2.05. The van der Waals surface area contributed by atoms with E-state index in [-0.39, 0.29) is 0 Å². The van der Waals surface area contributed by atoms with Crippen molar-refractivity contribution in [3.8, 4) is 0 Å². The Bertz CT molecular complexity index is 386. The van der Waals surface area contributed by atoms with E-state index in [0.717, 1.165) is 12.0 Å². The van der Waals surface area contributed by atoms with Gasteiger partial charge in [0.15, 0.2) is 0 Å². The second-order valence-corrected chi connectivity index (χ2v) is 5.75. The van der Waals surface area contributed by atoms with E-state index in [1.54, 1.807) is 0 Å². The summed E-state index contributed by atoms with van der Waals surface area (Å²) in [4.78, 5) is 0. The van der Waals surface area contributed by atoms with Gasteiger partial charge in [0.25, 0.3) is 0 Å². The van der Waals surface area contributed by atoms with E-state index in [9.17, 15) is 5.11 Å². The van der Waals surface area contributed by atoms with Crippen LogP contribution in [0.2, 0.25) is 5.02 Å². The molecule has 2 N–H and O–H groups in total. The molecule has 4 heteroatoms. The quantitative estimate of drug-likeness (QED) is 0.735. The maximum Gasteiger partial charge on any atom is 0.0897 e. The van der Waals surface area contributed by atoms with Gasteiger partial charge in [-0.25, -0.2) is 0 Å². The fraction of sp³-hybridized carbons (Fsp3) is 0.625. The fourth-order valence-electron chi connectivity index (χ4n) is 1.86. The van der Waals surface area contributed by atoms with Gasteiger partial charge in [-0.15, -0.1) is 0 Å². The zero-order valence-electron chi connectivity index (χ0n) is 12.6. The van der Waals surface area contributed by atoms with Crippen molar-refractivity contribution in [2.45, 2.75) is 45.9 Å². The first kappa shape index (κ1) is 17.4. The predicted octanol–water partition coefficient (Wildman–Crippen LogP) is 3.24. The van der Waals surface area contributed by atoms with Crippen molar-refractivity contribution in [1.29, 1.82) is 0 Å². The first-order valence-corrected chi connectivity index (χ1v) is 7.65. The lowest BCUT2D eigenvalue weighted by Gasteiger charge is -2.21. The highest BCUT2D eigenvalue weighted by atomic mass is 35.5. The summed E-state index contributed by atoms with van der Waals surface area (Å²) >= 11 is 6.04. The number of ether oxygens (including phenoxy) is 1. The van der Waals surface area contributed by atoms with Crippen molar-refractivity contribution in [2.75, 3.05) is 13.2 Å². The minimum Gasteiger partial charge on any atom is -0.389 e. The van der Waals surface area contributed by atoms with Crippen molar-refractivity contribution < 1.29 is 9.84 Å².